The fraction of sp³-hybridized carbons (Fsp3) is 0. The predicted octanol–water partition coefficient (Wildman–Crippen LogP) is 12.6. The van der Waals surface area contributed by atoms with Crippen LogP contribution in [0, 0.1) is 0 Å². The molecule has 58 heavy (non-hydrogen) atoms. The van der Waals surface area contributed by atoms with Gasteiger partial charge in [0.05, 0.1) is 5.69 Å². The van der Waals surface area contributed by atoms with Crippen molar-refractivity contribution in [3.63, 3.8) is 0 Å². The molecule has 0 aliphatic rings. The Labute approximate surface area is 335 Å². The van der Waals surface area contributed by atoms with Gasteiger partial charge in [-0.25, -0.2) is 19.9 Å². The molecular weight excluding hydrogens is 709 g/mol. The first kappa shape index (κ1) is 33.4. The van der Waals surface area contributed by atoms with Gasteiger partial charge in [-0.3, -0.25) is 8.97 Å². The van der Waals surface area contributed by atoms with E-state index in [-0.39, 0.29) is 0 Å². The first-order valence-electron chi connectivity index (χ1n) is 19.4. The van der Waals surface area contributed by atoms with Gasteiger partial charge in [-0.2, -0.15) is 0 Å². The van der Waals surface area contributed by atoms with Crippen LogP contribution in [0.2, 0.25) is 0 Å². The quantitative estimate of drug-likeness (QED) is 0.163. The monoisotopic (exact) mass is 742 g/mol. The van der Waals surface area contributed by atoms with Crippen molar-refractivity contribution in [2.75, 3.05) is 0 Å². The number of rotatable bonds is 7. The molecule has 0 saturated heterocycles. The zero-order chi connectivity index (χ0) is 38.4. The normalized spacial score (nSPS) is 11.4. The van der Waals surface area contributed by atoms with Crippen LogP contribution in [-0.4, -0.2) is 28.9 Å². The summed E-state index contributed by atoms with van der Waals surface area (Å²) in [6.07, 6.45) is 1.88. The van der Waals surface area contributed by atoms with Crippen LogP contribution in [0.25, 0.3) is 101 Å². The summed E-state index contributed by atoms with van der Waals surface area (Å²) in [4.78, 5) is 20.7. The molecule has 6 nitrogen and oxygen atoms in total. The van der Waals surface area contributed by atoms with E-state index in [1.165, 1.54) is 0 Å². The zero-order valence-corrected chi connectivity index (χ0v) is 31.3. The van der Waals surface area contributed by atoms with Crippen molar-refractivity contribution in [1.29, 1.82) is 0 Å². The largest absolute Gasteiger partial charge is 0.277 e. The first-order chi connectivity index (χ1) is 28.8. The maximum Gasteiger partial charge on any atom is 0.165 e. The molecule has 6 heteroatoms. The van der Waals surface area contributed by atoms with E-state index in [2.05, 4.69) is 173 Å². The Morgan fingerprint density at radius 3 is 1.67 bits per heavy atom. The van der Waals surface area contributed by atoms with Crippen LogP contribution in [0.4, 0.5) is 0 Å². The second-order valence-electron chi connectivity index (χ2n) is 14.3. The van der Waals surface area contributed by atoms with E-state index in [4.69, 9.17) is 19.9 Å². The zero-order valence-electron chi connectivity index (χ0n) is 31.3. The molecule has 7 aromatic carbocycles. The molecule has 11 aromatic rings. The van der Waals surface area contributed by atoms with Gasteiger partial charge in [0.15, 0.2) is 11.5 Å². The van der Waals surface area contributed by atoms with E-state index in [1.807, 2.05) is 42.6 Å². The maximum absolute atomic E-state index is 5.32. The third-order valence-corrected chi connectivity index (χ3v) is 10.8. The van der Waals surface area contributed by atoms with Crippen LogP contribution in [0.1, 0.15) is 0 Å². The SMILES string of the molecule is c1ccc(-c2nc(-c3ccccc3)n3c(-c4ccc(-c5cccc(-c6nc7c(-c8ccccc8)ccnc7n6-c6ccccc6)c5)cc4)c4ccccc4c3n2)cc1. The Morgan fingerprint density at radius 2 is 0.948 bits per heavy atom. The summed E-state index contributed by atoms with van der Waals surface area (Å²) < 4.78 is 4.40. The van der Waals surface area contributed by atoms with Crippen LogP contribution in [0.3, 0.4) is 0 Å². The summed E-state index contributed by atoms with van der Waals surface area (Å²) in [6.45, 7) is 0. The van der Waals surface area contributed by atoms with Crippen molar-refractivity contribution < 1.29 is 0 Å². The van der Waals surface area contributed by atoms with Gasteiger partial charge in [-0.05, 0) is 46.5 Å². The van der Waals surface area contributed by atoms with E-state index in [0.717, 1.165) is 95.1 Å². The fourth-order valence-corrected chi connectivity index (χ4v) is 8.10. The van der Waals surface area contributed by atoms with Crippen molar-refractivity contribution in [3.05, 3.63) is 206 Å². The highest BCUT2D eigenvalue weighted by Crippen LogP contribution is 2.39. The molecule has 0 radical (unpaired) electrons. The molecule has 4 aromatic heterocycles. The summed E-state index contributed by atoms with van der Waals surface area (Å²) >= 11 is 0. The second-order valence-corrected chi connectivity index (χ2v) is 14.3. The van der Waals surface area contributed by atoms with Crippen molar-refractivity contribution >= 4 is 27.6 Å². The first-order valence-corrected chi connectivity index (χ1v) is 19.4. The highest BCUT2D eigenvalue weighted by atomic mass is 15.1. The van der Waals surface area contributed by atoms with E-state index in [9.17, 15) is 0 Å². The lowest BCUT2D eigenvalue weighted by Gasteiger charge is -2.13. The number of hydrogen-bond acceptors (Lipinski definition) is 4. The van der Waals surface area contributed by atoms with Crippen molar-refractivity contribution in [1.82, 2.24) is 28.9 Å². The summed E-state index contributed by atoms with van der Waals surface area (Å²) in [5.41, 5.74) is 13.1. The van der Waals surface area contributed by atoms with Gasteiger partial charge in [0.1, 0.15) is 22.8 Å². The van der Waals surface area contributed by atoms with Crippen molar-refractivity contribution in [2.45, 2.75) is 0 Å². The summed E-state index contributed by atoms with van der Waals surface area (Å²) in [5, 5.41) is 2.20. The third-order valence-electron chi connectivity index (χ3n) is 10.8. The average molecular weight is 743 g/mol. The second kappa shape index (κ2) is 14.0. The number of imidazole rings is 1. The molecule has 272 valence electrons. The van der Waals surface area contributed by atoms with Crippen LogP contribution >= 0.6 is 0 Å². The molecule has 0 saturated carbocycles. The smallest absolute Gasteiger partial charge is 0.165 e. The molecule has 0 aliphatic carbocycles. The van der Waals surface area contributed by atoms with Crippen molar-refractivity contribution in [3.8, 4) is 73.4 Å². The number of para-hydroxylation sites is 1. The number of pyridine rings is 1. The number of hydrogen-bond donors (Lipinski definition) is 0. The number of benzene rings is 7. The van der Waals surface area contributed by atoms with E-state index in [0.29, 0.717) is 5.82 Å². The minimum Gasteiger partial charge on any atom is -0.277 e. The molecule has 0 aliphatic heterocycles. The molecule has 0 N–H and O–H groups in total. The molecule has 0 unspecified atom stereocenters. The van der Waals surface area contributed by atoms with Crippen LogP contribution in [-0.2, 0) is 0 Å². The van der Waals surface area contributed by atoms with Gasteiger partial charge in [0, 0.05) is 44.9 Å². The number of aromatic nitrogens is 6. The lowest BCUT2D eigenvalue weighted by atomic mass is 9.99. The standard InChI is InChI=1S/C52H34N6/c1-5-16-36(17-6-1)43-32-33-53-52-46(43)54-50(57(52)42-24-11-4-12-25-42)41-23-15-22-40(34-41)35-28-30-37(31-29-35)47-44-26-13-14-27-45(44)51-56-48(38-18-7-2-8-19-38)55-49(58(47)51)39-20-9-3-10-21-39/h1-34H. The lowest BCUT2D eigenvalue weighted by Crippen LogP contribution is -2.03. The van der Waals surface area contributed by atoms with Gasteiger partial charge < -0.3 is 0 Å². The summed E-state index contributed by atoms with van der Waals surface area (Å²) in [6, 6.07) is 69.4. The van der Waals surface area contributed by atoms with Gasteiger partial charge in [0.25, 0.3) is 0 Å². The Balaban J connectivity index is 1.05. The molecule has 4 heterocycles. The average Bonchev–Trinajstić information content (AvgIpc) is 3.87. The topological polar surface area (TPSA) is 60.9 Å². The lowest BCUT2D eigenvalue weighted by molar-refractivity contribution is 1.05. The highest BCUT2D eigenvalue weighted by Gasteiger charge is 2.22. The summed E-state index contributed by atoms with van der Waals surface area (Å²) in [5.74, 6) is 2.38. The Kier molecular flexibility index (Phi) is 8.04. The number of fused-ring (bicyclic) bond motifs is 4. The molecule has 0 fully saturated rings. The molecule has 11 rings (SSSR count). The van der Waals surface area contributed by atoms with E-state index in [1.54, 1.807) is 0 Å². The van der Waals surface area contributed by atoms with Crippen LogP contribution < -0.4 is 0 Å². The summed E-state index contributed by atoms with van der Waals surface area (Å²) in [7, 11) is 0. The van der Waals surface area contributed by atoms with Gasteiger partial charge in [0.2, 0.25) is 0 Å². The minimum absolute atomic E-state index is 0.699. The minimum atomic E-state index is 0.699. The predicted molar refractivity (Wildman–Crippen MR) is 236 cm³/mol. The highest BCUT2D eigenvalue weighted by molar-refractivity contribution is 6.06. The third kappa shape index (κ3) is 5.66. The Hall–Kier alpha value is -7.96. The van der Waals surface area contributed by atoms with Gasteiger partial charge in [-0.1, -0.05) is 176 Å². The molecule has 0 atom stereocenters. The Bertz CT molecular complexity index is 3240. The van der Waals surface area contributed by atoms with Crippen molar-refractivity contribution in [2.24, 2.45) is 0 Å². The van der Waals surface area contributed by atoms with Crippen LogP contribution in [0.5, 0.6) is 0 Å². The molecular formula is C52H34N6. The van der Waals surface area contributed by atoms with Crippen LogP contribution in [0.15, 0.2) is 206 Å². The van der Waals surface area contributed by atoms with E-state index >= 15 is 0 Å². The van der Waals surface area contributed by atoms with E-state index < -0.39 is 0 Å². The Morgan fingerprint density at radius 1 is 0.362 bits per heavy atom. The maximum atomic E-state index is 5.32. The fourth-order valence-electron chi connectivity index (χ4n) is 8.10. The van der Waals surface area contributed by atoms with Gasteiger partial charge in [-0.15, -0.1) is 0 Å². The molecule has 0 bridgehead atoms. The number of nitrogens with zero attached hydrogens (tertiary/aromatic N) is 6. The molecule has 0 amide bonds. The molecule has 0 spiro atoms. The van der Waals surface area contributed by atoms with Gasteiger partial charge >= 0.3 is 0 Å².